The molecule has 0 aliphatic heterocycles. The second-order valence-electron chi connectivity index (χ2n) is 4.41. The first-order chi connectivity index (χ1) is 10.3. The molecule has 0 bridgehead atoms. The van der Waals surface area contributed by atoms with E-state index in [-0.39, 0.29) is 0 Å². The number of rotatable bonds is 5. The fourth-order valence-corrected chi connectivity index (χ4v) is 1.90. The lowest BCUT2D eigenvalue weighted by Gasteiger charge is -2.08. The van der Waals surface area contributed by atoms with E-state index in [1.54, 1.807) is 7.11 Å². The van der Waals surface area contributed by atoms with Crippen molar-refractivity contribution < 1.29 is 9.47 Å². The van der Waals surface area contributed by atoms with Gasteiger partial charge in [0.05, 0.1) is 7.11 Å². The summed E-state index contributed by atoms with van der Waals surface area (Å²) in [6, 6.07) is 15.6. The molecule has 0 fully saturated rings. The molecular weight excluding hydrogens is 284 g/mol. The maximum atomic E-state index is 5.79. The van der Waals surface area contributed by atoms with E-state index in [0.29, 0.717) is 18.9 Å². The first kappa shape index (κ1) is 15.3. The van der Waals surface area contributed by atoms with Crippen LogP contribution in [0.5, 0.6) is 11.5 Å². The van der Waals surface area contributed by atoms with E-state index in [0.717, 1.165) is 22.6 Å². The number of hydrogen-bond donors (Lipinski definition) is 0. The van der Waals surface area contributed by atoms with Crippen LogP contribution >= 0.6 is 11.6 Å². The Labute approximate surface area is 130 Å². The van der Waals surface area contributed by atoms with E-state index >= 15 is 0 Å². The Hall–Kier alpha value is -2.11. The van der Waals surface area contributed by atoms with Crippen LogP contribution in [0.15, 0.2) is 48.5 Å². The van der Waals surface area contributed by atoms with Crippen LogP contribution in [0.3, 0.4) is 0 Å². The SMILES string of the molecule is COc1cccc(COc2cccc(C#CCCCl)c2)c1. The van der Waals surface area contributed by atoms with Gasteiger partial charge >= 0.3 is 0 Å². The molecule has 0 amide bonds. The minimum atomic E-state index is 0.496. The Morgan fingerprint density at radius 1 is 1.05 bits per heavy atom. The molecule has 0 heterocycles. The Kier molecular flexibility index (Phi) is 5.99. The summed E-state index contributed by atoms with van der Waals surface area (Å²) in [5.74, 6) is 8.27. The van der Waals surface area contributed by atoms with Crippen LogP contribution in [0.1, 0.15) is 17.5 Å². The Morgan fingerprint density at radius 3 is 2.67 bits per heavy atom. The van der Waals surface area contributed by atoms with Gasteiger partial charge in [-0.15, -0.1) is 11.6 Å². The predicted molar refractivity (Wildman–Crippen MR) is 86.0 cm³/mol. The lowest BCUT2D eigenvalue weighted by molar-refractivity contribution is 0.305. The van der Waals surface area contributed by atoms with Gasteiger partial charge in [-0.3, -0.25) is 0 Å². The highest BCUT2D eigenvalue weighted by molar-refractivity contribution is 6.18. The van der Waals surface area contributed by atoms with Gasteiger partial charge in [0, 0.05) is 17.9 Å². The van der Waals surface area contributed by atoms with Crippen molar-refractivity contribution in [1.29, 1.82) is 0 Å². The van der Waals surface area contributed by atoms with E-state index in [1.165, 1.54) is 0 Å². The topological polar surface area (TPSA) is 18.5 Å². The lowest BCUT2D eigenvalue weighted by Crippen LogP contribution is -1.96. The van der Waals surface area contributed by atoms with Crippen LogP contribution in [0.2, 0.25) is 0 Å². The molecule has 21 heavy (non-hydrogen) atoms. The number of halogens is 1. The zero-order chi connectivity index (χ0) is 14.9. The highest BCUT2D eigenvalue weighted by Crippen LogP contribution is 2.17. The van der Waals surface area contributed by atoms with E-state index in [1.807, 2.05) is 48.5 Å². The zero-order valence-corrected chi connectivity index (χ0v) is 12.7. The largest absolute Gasteiger partial charge is 0.497 e. The van der Waals surface area contributed by atoms with Crippen molar-refractivity contribution in [1.82, 2.24) is 0 Å². The van der Waals surface area contributed by atoms with Crippen molar-refractivity contribution in [3.8, 4) is 23.3 Å². The summed E-state index contributed by atoms with van der Waals surface area (Å²) in [7, 11) is 1.66. The summed E-state index contributed by atoms with van der Waals surface area (Å²) in [4.78, 5) is 0. The molecule has 3 heteroatoms. The smallest absolute Gasteiger partial charge is 0.121 e. The van der Waals surface area contributed by atoms with Crippen LogP contribution < -0.4 is 9.47 Å². The average Bonchev–Trinajstić information content (AvgIpc) is 2.54. The normalized spacial score (nSPS) is 9.62. The highest BCUT2D eigenvalue weighted by Gasteiger charge is 1.99. The molecule has 0 unspecified atom stereocenters. The van der Waals surface area contributed by atoms with Gasteiger partial charge in [0.15, 0.2) is 0 Å². The minimum absolute atomic E-state index is 0.496. The summed E-state index contributed by atoms with van der Waals surface area (Å²) >= 11 is 5.60. The molecule has 0 aliphatic rings. The third-order valence-electron chi connectivity index (χ3n) is 2.83. The number of benzene rings is 2. The van der Waals surface area contributed by atoms with Crippen molar-refractivity contribution in [2.45, 2.75) is 13.0 Å². The van der Waals surface area contributed by atoms with E-state index < -0.39 is 0 Å². The number of alkyl halides is 1. The first-order valence-corrected chi connectivity index (χ1v) is 7.26. The molecule has 2 rings (SSSR count). The summed E-state index contributed by atoms with van der Waals surface area (Å²) < 4.78 is 11.0. The molecular formula is C18H17ClO2. The first-order valence-electron chi connectivity index (χ1n) is 6.72. The fraction of sp³-hybridized carbons (Fsp3) is 0.222. The molecule has 0 atom stereocenters. The predicted octanol–water partition coefficient (Wildman–Crippen LogP) is 4.25. The highest BCUT2D eigenvalue weighted by atomic mass is 35.5. The molecule has 0 radical (unpaired) electrons. The van der Waals surface area contributed by atoms with Crippen molar-refractivity contribution in [2.24, 2.45) is 0 Å². The van der Waals surface area contributed by atoms with Gasteiger partial charge in [-0.2, -0.15) is 0 Å². The second kappa shape index (κ2) is 8.24. The van der Waals surface area contributed by atoms with Crippen molar-refractivity contribution >= 4 is 11.6 Å². The summed E-state index contributed by atoms with van der Waals surface area (Å²) in [6.45, 7) is 0.496. The van der Waals surface area contributed by atoms with Crippen LogP contribution in [-0.4, -0.2) is 13.0 Å². The van der Waals surface area contributed by atoms with Gasteiger partial charge in [-0.25, -0.2) is 0 Å². The number of methoxy groups -OCH3 is 1. The van der Waals surface area contributed by atoms with Crippen LogP contribution in [0.4, 0.5) is 0 Å². The van der Waals surface area contributed by atoms with Crippen LogP contribution in [0.25, 0.3) is 0 Å². The van der Waals surface area contributed by atoms with Gasteiger partial charge in [0.1, 0.15) is 18.1 Å². The molecule has 2 aromatic carbocycles. The third-order valence-corrected chi connectivity index (χ3v) is 3.01. The fourth-order valence-electron chi connectivity index (χ4n) is 1.80. The zero-order valence-electron chi connectivity index (χ0n) is 11.9. The maximum Gasteiger partial charge on any atom is 0.121 e. The van der Waals surface area contributed by atoms with E-state index in [9.17, 15) is 0 Å². The third kappa shape index (κ3) is 5.06. The Bertz CT molecular complexity index is 641. The standard InChI is InChI=1S/C18H17ClO2/c1-20-17-9-5-8-16(13-17)14-21-18-10-4-7-15(12-18)6-2-3-11-19/h4-5,7-10,12-13H,3,11,14H2,1H3. The van der Waals surface area contributed by atoms with Gasteiger partial charge in [-0.1, -0.05) is 30.0 Å². The molecule has 0 saturated carbocycles. The van der Waals surface area contributed by atoms with Crippen LogP contribution in [0, 0.1) is 11.8 Å². The quantitative estimate of drug-likeness (QED) is 0.607. The molecule has 0 spiro atoms. The monoisotopic (exact) mass is 300 g/mol. The average molecular weight is 301 g/mol. The van der Waals surface area contributed by atoms with Gasteiger partial charge < -0.3 is 9.47 Å². The molecule has 0 aromatic heterocycles. The second-order valence-corrected chi connectivity index (χ2v) is 4.79. The molecule has 108 valence electrons. The number of ether oxygens (including phenoxy) is 2. The van der Waals surface area contributed by atoms with E-state index in [4.69, 9.17) is 21.1 Å². The Morgan fingerprint density at radius 2 is 1.86 bits per heavy atom. The molecule has 2 nitrogen and oxygen atoms in total. The van der Waals surface area contributed by atoms with Crippen molar-refractivity contribution in [2.75, 3.05) is 13.0 Å². The van der Waals surface area contributed by atoms with Crippen LogP contribution in [-0.2, 0) is 6.61 Å². The maximum absolute atomic E-state index is 5.79. The summed E-state index contributed by atoms with van der Waals surface area (Å²) in [5.41, 5.74) is 2.00. The molecule has 2 aromatic rings. The lowest BCUT2D eigenvalue weighted by atomic mass is 10.2. The number of hydrogen-bond acceptors (Lipinski definition) is 2. The summed E-state index contributed by atoms with van der Waals surface area (Å²) in [5, 5.41) is 0. The summed E-state index contributed by atoms with van der Waals surface area (Å²) in [6.07, 6.45) is 0.691. The van der Waals surface area contributed by atoms with Crippen molar-refractivity contribution in [3.63, 3.8) is 0 Å². The molecule has 0 saturated heterocycles. The van der Waals surface area contributed by atoms with Gasteiger partial charge in [0.2, 0.25) is 0 Å². The minimum Gasteiger partial charge on any atom is -0.497 e. The molecule has 0 aliphatic carbocycles. The van der Waals surface area contributed by atoms with Gasteiger partial charge in [0.25, 0.3) is 0 Å². The van der Waals surface area contributed by atoms with E-state index in [2.05, 4.69) is 11.8 Å². The van der Waals surface area contributed by atoms with Crippen molar-refractivity contribution in [3.05, 3.63) is 59.7 Å². The molecule has 0 N–H and O–H groups in total. The Balaban J connectivity index is 2.00. The van der Waals surface area contributed by atoms with Gasteiger partial charge in [-0.05, 0) is 35.9 Å².